The Morgan fingerprint density at radius 1 is 1.28 bits per heavy atom. The first-order chi connectivity index (χ1) is 8.74. The number of hydrogen-bond donors (Lipinski definition) is 1. The molecule has 1 heterocycles. The summed E-state index contributed by atoms with van der Waals surface area (Å²) in [5, 5.41) is 3.17. The van der Waals surface area contributed by atoms with E-state index in [1.54, 1.807) is 13.3 Å². The van der Waals surface area contributed by atoms with Crippen LogP contribution in [0.5, 0.6) is 5.75 Å². The standard InChI is InChI=1S/C14H17N3O/c1-4-15-13-7-8-16-14(17-13)11-6-5-10(2)9-12(11)18-3/h5-9H,4H2,1-3H3,(H,15,16,17). The maximum atomic E-state index is 5.38. The van der Waals surface area contributed by atoms with Crippen LogP contribution in [0.25, 0.3) is 11.4 Å². The average molecular weight is 243 g/mol. The first-order valence-electron chi connectivity index (χ1n) is 5.96. The lowest BCUT2D eigenvalue weighted by Gasteiger charge is -2.09. The zero-order valence-electron chi connectivity index (χ0n) is 10.9. The molecule has 0 aliphatic rings. The van der Waals surface area contributed by atoms with E-state index in [1.165, 1.54) is 0 Å². The molecule has 0 radical (unpaired) electrons. The first kappa shape index (κ1) is 12.4. The van der Waals surface area contributed by atoms with Crippen molar-refractivity contribution in [3.8, 4) is 17.1 Å². The van der Waals surface area contributed by atoms with Gasteiger partial charge >= 0.3 is 0 Å². The molecule has 0 aliphatic carbocycles. The van der Waals surface area contributed by atoms with E-state index in [9.17, 15) is 0 Å². The normalized spacial score (nSPS) is 10.2. The van der Waals surface area contributed by atoms with Crippen LogP contribution in [0.4, 0.5) is 5.82 Å². The van der Waals surface area contributed by atoms with Crippen LogP contribution in [0.3, 0.4) is 0 Å². The van der Waals surface area contributed by atoms with Crippen LogP contribution >= 0.6 is 0 Å². The predicted molar refractivity (Wildman–Crippen MR) is 72.9 cm³/mol. The number of nitrogens with zero attached hydrogens (tertiary/aromatic N) is 2. The fourth-order valence-electron chi connectivity index (χ4n) is 1.75. The fraction of sp³-hybridized carbons (Fsp3) is 0.286. The summed E-state index contributed by atoms with van der Waals surface area (Å²) in [5.41, 5.74) is 2.06. The summed E-state index contributed by atoms with van der Waals surface area (Å²) in [6, 6.07) is 7.85. The van der Waals surface area contributed by atoms with Crippen molar-refractivity contribution in [2.45, 2.75) is 13.8 Å². The maximum Gasteiger partial charge on any atom is 0.165 e. The molecule has 94 valence electrons. The molecule has 0 bridgehead atoms. The average Bonchev–Trinajstić information content (AvgIpc) is 2.39. The number of hydrogen-bond acceptors (Lipinski definition) is 4. The number of benzene rings is 1. The van der Waals surface area contributed by atoms with E-state index in [1.807, 2.05) is 38.1 Å². The molecule has 2 aromatic rings. The lowest BCUT2D eigenvalue weighted by Crippen LogP contribution is -2.01. The van der Waals surface area contributed by atoms with Crippen molar-refractivity contribution in [2.75, 3.05) is 19.0 Å². The van der Waals surface area contributed by atoms with Crippen molar-refractivity contribution < 1.29 is 4.74 Å². The van der Waals surface area contributed by atoms with E-state index in [2.05, 4.69) is 15.3 Å². The number of methoxy groups -OCH3 is 1. The van der Waals surface area contributed by atoms with Gasteiger partial charge in [0.25, 0.3) is 0 Å². The summed E-state index contributed by atoms with van der Waals surface area (Å²) in [6.45, 7) is 4.90. The number of ether oxygens (including phenoxy) is 1. The lowest BCUT2D eigenvalue weighted by molar-refractivity contribution is 0.416. The van der Waals surface area contributed by atoms with Gasteiger partial charge in [0, 0.05) is 12.7 Å². The van der Waals surface area contributed by atoms with Gasteiger partial charge in [-0.2, -0.15) is 0 Å². The molecule has 0 amide bonds. The van der Waals surface area contributed by atoms with Gasteiger partial charge in [-0.15, -0.1) is 0 Å². The molecule has 0 saturated heterocycles. The minimum Gasteiger partial charge on any atom is -0.496 e. The third kappa shape index (κ3) is 2.59. The van der Waals surface area contributed by atoms with E-state index in [0.717, 1.165) is 29.2 Å². The Morgan fingerprint density at radius 2 is 2.11 bits per heavy atom. The highest BCUT2D eigenvalue weighted by Crippen LogP contribution is 2.28. The zero-order chi connectivity index (χ0) is 13.0. The third-order valence-electron chi connectivity index (χ3n) is 2.61. The van der Waals surface area contributed by atoms with Crippen molar-refractivity contribution in [3.05, 3.63) is 36.0 Å². The Kier molecular flexibility index (Phi) is 3.77. The van der Waals surface area contributed by atoms with Gasteiger partial charge < -0.3 is 10.1 Å². The smallest absolute Gasteiger partial charge is 0.165 e. The van der Waals surface area contributed by atoms with Gasteiger partial charge in [-0.1, -0.05) is 6.07 Å². The minimum atomic E-state index is 0.672. The Hall–Kier alpha value is -2.10. The van der Waals surface area contributed by atoms with Crippen molar-refractivity contribution in [1.82, 2.24) is 9.97 Å². The molecule has 0 atom stereocenters. The molecule has 0 fully saturated rings. The number of nitrogens with one attached hydrogen (secondary N) is 1. The lowest BCUT2D eigenvalue weighted by atomic mass is 10.1. The van der Waals surface area contributed by atoms with Crippen LogP contribution in [-0.2, 0) is 0 Å². The fourth-order valence-corrected chi connectivity index (χ4v) is 1.75. The highest BCUT2D eigenvalue weighted by molar-refractivity contribution is 5.65. The molecule has 4 heteroatoms. The first-order valence-corrected chi connectivity index (χ1v) is 5.96. The van der Waals surface area contributed by atoms with Gasteiger partial charge in [0.1, 0.15) is 11.6 Å². The van der Waals surface area contributed by atoms with Gasteiger partial charge in [0.15, 0.2) is 5.82 Å². The van der Waals surface area contributed by atoms with E-state index < -0.39 is 0 Å². The Balaban J connectivity index is 2.44. The van der Waals surface area contributed by atoms with Crippen LogP contribution in [0.15, 0.2) is 30.5 Å². The van der Waals surface area contributed by atoms with Gasteiger partial charge in [0.2, 0.25) is 0 Å². The van der Waals surface area contributed by atoms with E-state index >= 15 is 0 Å². The van der Waals surface area contributed by atoms with Crippen LogP contribution < -0.4 is 10.1 Å². The highest BCUT2D eigenvalue weighted by atomic mass is 16.5. The molecule has 0 unspecified atom stereocenters. The molecule has 1 aromatic carbocycles. The summed E-state index contributed by atoms with van der Waals surface area (Å²) < 4.78 is 5.38. The second-order valence-corrected chi connectivity index (χ2v) is 4.00. The Bertz CT molecular complexity index is 540. The molecular weight excluding hydrogens is 226 g/mol. The topological polar surface area (TPSA) is 47.0 Å². The van der Waals surface area contributed by atoms with E-state index in [4.69, 9.17) is 4.74 Å². The molecule has 1 N–H and O–H groups in total. The summed E-state index contributed by atoms with van der Waals surface area (Å²) in [6.07, 6.45) is 1.75. The molecule has 2 rings (SSSR count). The molecule has 18 heavy (non-hydrogen) atoms. The maximum absolute atomic E-state index is 5.38. The molecular formula is C14H17N3O. The summed E-state index contributed by atoms with van der Waals surface area (Å²) in [4.78, 5) is 8.77. The zero-order valence-corrected chi connectivity index (χ0v) is 10.9. The van der Waals surface area contributed by atoms with E-state index in [-0.39, 0.29) is 0 Å². The van der Waals surface area contributed by atoms with Crippen molar-refractivity contribution in [1.29, 1.82) is 0 Å². The van der Waals surface area contributed by atoms with Crippen LogP contribution in [-0.4, -0.2) is 23.6 Å². The quantitative estimate of drug-likeness (QED) is 0.897. The summed E-state index contributed by atoms with van der Waals surface area (Å²) in [7, 11) is 1.66. The molecule has 1 aromatic heterocycles. The van der Waals surface area contributed by atoms with Gasteiger partial charge in [-0.05, 0) is 37.6 Å². The Labute approximate surface area is 107 Å². The molecule has 0 saturated carbocycles. The number of aromatic nitrogens is 2. The van der Waals surface area contributed by atoms with Gasteiger partial charge in [-0.3, -0.25) is 0 Å². The minimum absolute atomic E-state index is 0.672. The third-order valence-corrected chi connectivity index (χ3v) is 2.61. The van der Waals surface area contributed by atoms with Gasteiger partial charge in [-0.25, -0.2) is 9.97 Å². The second kappa shape index (κ2) is 5.49. The molecule has 0 spiro atoms. The molecule has 0 aliphatic heterocycles. The number of aryl methyl sites for hydroxylation is 1. The Morgan fingerprint density at radius 3 is 2.83 bits per heavy atom. The summed E-state index contributed by atoms with van der Waals surface area (Å²) in [5.74, 6) is 2.29. The van der Waals surface area contributed by atoms with Crippen LogP contribution in [0.2, 0.25) is 0 Å². The highest BCUT2D eigenvalue weighted by Gasteiger charge is 2.09. The molecule has 4 nitrogen and oxygen atoms in total. The van der Waals surface area contributed by atoms with Crippen molar-refractivity contribution >= 4 is 5.82 Å². The van der Waals surface area contributed by atoms with Crippen molar-refractivity contribution in [3.63, 3.8) is 0 Å². The van der Waals surface area contributed by atoms with E-state index in [0.29, 0.717) is 5.82 Å². The van der Waals surface area contributed by atoms with Crippen LogP contribution in [0.1, 0.15) is 12.5 Å². The monoisotopic (exact) mass is 243 g/mol. The second-order valence-electron chi connectivity index (χ2n) is 4.00. The van der Waals surface area contributed by atoms with Gasteiger partial charge in [0.05, 0.1) is 12.7 Å². The van der Waals surface area contributed by atoms with Crippen LogP contribution in [0, 0.1) is 6.92 Å². The summed E-state index contributed by atoms with van der Waals surface area (Å²) >= 11 is 0. The largest absolute Gasteiger partial charge is 0.496 e. The SMILES string of the molecule is CCNc1ccnc(-c2ccc(C)cc2OC)n1. The number of rotatable bonds is 4. The van der Waals surface area contributed by atoms with Crippen molar-refractivity contribution in [2.24, 2.45) is 0 Å². The predicted octanol–water partition coefficient (Wildman–Crippen LogP) is 2.89. The number of anilines is 1.